The van der Waals surface area contributed by atoms with Crippen LogP contribution in [0.15, 0.2) is 72.8 Å². The van der Waals surface area contributed by atoms with E-state index in [1.165, 1.54) is 0 Å². The fourth-order valence-corrected chi connectivity index (χ4v) is 3.82. The molecule has 0 fully saturated rings. The van der Waals surface area contributed by atoms with Crippen molar-refractivity contribution in [2.24, 2.45) is 0 Å². The van der Waals surface area contributed by atoms with E-state index in [-0.39, 0.29) is 17.2 Å². The minimum Gasteiger partial charge on any atom is -0.425 e. The molecule has 0 N–H and O–H groups in total. The molecular weight excluding hydrogens is 621 g/mol. The maximum Gasteiger partial charge on any atom is 0.344 e. The minimum absolute atomic E-state index is 0.255. The maximum absolute atomic E-state index is 11.7. The molecule has 0 spiro atoms. The van der Waals surface area contributed by atoms with Crippen molar-refractivity contribution in [3.05, 3.63) is 89.5 Å². The van der Waals surface area contributed by atoms with Crippen LogP contribution in [0, 0.1) is 0 Å². The third kappa shape index (κ3) is 7.47. The fraction of sp³-hybridized carbons (Fsp3) is 0.192. The molecule has 200 valence electrons. The van der Waals surface area contributed by atoms with Gasteiger partial charge in [0.1, 0.15) is 17.2 Å². The van der Waals surface area contributed by atoms with Crippen LogP contribution in [0.2, 0.25) is 0 Å². The maximum atomic E-state index is 11.7. The van der Waals surface area contributed by atoms with E-state index in [0.29, 0.717) is 0 Å². The number of halogens is 6. The molecule has 3 aromatic carbocycles. The molecule has 0 saturated carbocycles. The van der Waals surface area contributed by atoms with E-state index in [2.05, 4.69) is 0 Å². The Hall–Kier alpha value is -2.19. The van der Waals surface area contributed by atoms with Crippen LogP contribution in [0.5, 0.6) is 17.2 Å². The summed E-state index contributed by atoms with van der Waals surface area (Å²) in [6.07, 6.45) is 0. The fourth-order valence-electron chi connectivity index (χ4n) is 3.55. The van der Waals surface area contributed by atoms with Gasteiger partial charge in [0.15, 0.2) is 0 Å². The Kier molecular flexibility index (Phi) is 10.6. The first-order chi connectivity index (χ1) is 17.9. The van der Waals surface area contributed by atoms with E-state index in [0.717, 1.165) is 16.7 Å². The molecule has 0 heterocycles. The number of alkyl halides is 6. The van der Waals surface area contributed by atoms with Crippen molar-refractivity contribution < 1.29 is 28.6 Å². The summed E-state index contributed by atoms with van der Waals surface area (Å²) in [7, 11) is 0. The summed E-state index contributed by atoms with van der Waals surface area (Å²) in [5, 5.41) is 0. The Bertz CT molecular complexity index is 1120. The van der Waals surface area contributed by atoms with Crippen LogP contribution in [0.25, 0.3) is 0 Å². The highest BCUT2D eigenvalue weighted by molar-refractivity contribution is 6.53. The van der Waals surface area contributed by atoms with Gasteiger partial charge in [-0.25, -0.2) is 14.4 Å². The van der Waals surface area contributed by atoms with E-state index >= 15 is 0 Å². The lowest BCUT2D eigenvalue weighted by molar-refractivity contribution is -0.133. The van der Waals surface area contributed by atoms with E-state index in [1.54, 1.807) is 72.8 Å². The molecule has 12 heteroatoms. The van der Waals surface area contributed by atoms with E-state index < -0.39 is 37.8 Å². The average Bonchev–Trinajstić information content (AvgIpc) is 2.89. The predicted octanol–water partition coefficient (Wildman–Crippen LogP) is 7.17. The number of carbonyl (C=O) groups excluding carboxylic acids is 3. The topological polar surface area (TPSA) is 78.9 Å². The van der Waals surface area contributed by atoms with Gasteiger partial charge >= 0.3 is 17.9 Å². The summed E-state index contributed by atoms with van der Waals surface area (Å²) in [6, 6.07) is 20.3. The first-order valence-corrected chi connectivity index (χ1v) is 13.3. The van der Waals surface area contributed by atoms with E-state index in [4.69, 9.17) is 83.8 Å². The Labute approximate surface area is 248 Å². The van der Waals surface area contributed by atoms with Gasteiger partial charge in [0.2, 0.25) is 14.5 Å². The quantitative estimate of drug-likeness (QED) is 0.107. The highest BCUT2D eigenvalue weighted by Crippen LogP contribution is 2.40. The van der Waals surface area contributed by atoms with Gasteiger partial charge in [0.25, 0.3) is 0 Å². The second-order valence-electron chi connectivity index (χ2n) is 7.86. The van der Waals surface area contributed by atoms with E-state index in [1.807, 2.05) is 6.92 Å². The largest absolute Gasteiger partial charge is 0.425 e. The van der Waals surface area contributed by atoms with Crippen LogP contribution in [-0.2, 0) is 19.8 Å². The molecule has 0 aliphatic heterocycles. The van der Waals surface area contributed by atoms with Gasteiger partial charge in [0, 0.05) is 5.41 Å². The Morgan fingerprint density at radius 3 is 0.895 bits per heavy atom. The lowest BCUT2D eigenvalue weighted by Crippen LogP contribution is -2.25. The second kappa shape index (κ2) is 13.2. The number of rotatable bonds is 9. The number of hydrogen-bond acceptors (Lipinski definition) is 6. The van der Waals surface area contributed by atoms with Crippen LogP contribution < -0.4 is 14.2 Å². The molecule has 3 aromatic rings. The molecule has 0 atom stereocenters. The third-order valence-corrected chi connectivity index (χ3v) is 6.55. The van der Waals surface area contributed by atoms with Crippen LogP contribution >= 0.6 is 69.6 Å². The summed E-state index contributed by atoms with van der Waals surface area (Å²) in [6.45, 7) is 1.96. The van der Waals surface area contributed by atoms with Crippen molar-refractivity contribution in [3.63, 3.8) is 0 Å². The first-order valence-electron chi connectivity index (χ1n) is 10.7. The average molecular weight is 639 g/mol. The highest BCUT2D eigenvalue weighted by atomic mass is 35.5. The number of esters is 3. The zero-order valence-corrected chi connectivity index (χ0v) is 23.9. The molecule has 6 nitrogen and oxygen atoms in total. The smallest absolute Gasteiger partial charge is 0.344 e. The van der Waals surface area contributed by atoms with Crippen molar-refractivity contribution in [1.82, 2.24) is 0 Å². The van der Waals surface area contributed by atoms with Crippen molar-refractivity contribution in [1.29, 1.82) is 0 Å². The summed E-state index contributed by atoms with van der Waals surface area (Å²) >= 11 is 33.4. The zero-order valence-electron chi connectivity index (χ0n) is 19.4. The SMILES string of the molecule is CC(c1ccc(OC(=O)C(Cl)Cl)cc1)(c1ccc(OC(=O)C(Cl)Cl)cc1)c1ccc(OC(=O)C(Cl)Cl)cc1. The summed E-state index contributed by atoms with van der Waals surface area (Å²) in [4.78, 5) is 31.3. The second-order valence-corrected chi connectivity index (χ2v) is 11.2. The van der Waals surface area contributed by atoms with Crippen molar-refractivity contribution in [2.75, 3.05) is 0 Å². The highest BCUT2D eigenvalue weighted by Gasteiger charge is 2.32. The molecule has 0 aliphatic carbocycles. The first kappa shape index (κ1) is 30.4. The van der Waals surface area contributed by atoms with Crippen molar-refractivity contribution in [2.45, 2.75) is 26.8 Å². The monoisotopic (exact) mass is 636 g/mol. The predicted molar refractivity (Wildman–Crippen MR) is 148 cm³/mol. The van der Waals surface area contributed by atoms with Crippen LogP contribution in [0.3, 0.4) is 0 Å². The molecule has 0 aliphatic rings. The summed E-state index contributed by atoms with van der Waals surface area (Å²) in [5.41, 5.74) is 1.65. The van der Waals surface area contributed by atoms with Gasteiger partial charge in [-0.3, -0.25) is 0 Å². The molecule has 38 heavy (non-hydrogen) atoms. The zero-order chi connectivity index (χ0) is 28.0. The summed E-state index contributed by atoms with van der Waals surface area (Å²) in [5.74, 6) is -1.63. The van der Waals surface area contributed by atoms with Gasteiger partial charge < -0.3 is 14.2 Å². The molecule has 0 aromatic heterocycles. The lowest BCUT2D eigenvalue weighted by atomic mass is 9.71. The Balaban J connectivity index is 2.01. The molecule has 0 bridgehead atoms. The minimum atomic E-state index is -1.32. The van der Waals surface area contributed by atoms with Crippen LogP contribution in [0.4, 0.5) is 0 Å². The molecule has 0 radical (unpaired) electrons. The Morgan fingerprint density at radius 2 is 0.711 bits per heavy atom. The van der Waals surface area contributed by atoms with Crippen molar-refractivity contribution >= 4 is 87.5 Å². The number of hydrogen-bond donors (Lipinski definition) is 0. The summed E-state index contributed by atoms with van der Waals surface area (Å²) < 4.78 is 15.5. The molecule has 0 saturated heterocycles. The van der Waals surface area contributed by atoms with Crippen LogP contribution in [0.1, 0.15) is 23.6 Å². The molecule has 0 unspecified atom stereocenters. The molecule has 3 rings (SSSR count). The van der Waals surface area contributed by atoms with Crippen molar-refractivity contribution in [3.8, 4) is 17.2 Å². The van der Waals surface area contributed by atoms with E-state index in [9.17, 15) is 14.4 Å². The van der Waals surface area contributed by atoms with Gasteiger partial charge in [-0.05, 0) is 60.0 Å². The van der Waals surface area contributed by atoms with Crippen LogP contribution in [-0.4, -0.2) is 32.4 Å². The number of benzene rings is 3. The van der Waals surface area contributed by atoms with Gasteiger partial charge in [0.05, 0.1) is 0 Å². The normalized spacial score (nSPS) is 11.5. The third-order valence-electron chi connectivity index (χ3n) is 5.48. The van der Waals surface area contributed by atoms with Gasteiger partial charge in [-0.1, -0.05) is 106 Å². The molecule has 0 amide bonds. The number of ether oxygens (including phenoxy) is 3. The Morgan fingerprint density at radius 1 is 0.500 bits per heavy atom. The van der Waals surface area contributed by atoms with Gasteiger partial charge in [-0.15, -0.1) is 0 Å². The standard InChI is InChI=1S/C26H18Cl6O6/c1-26(14-2-8-17(9-3-14)36-23(33)20(27)28,15-4-10-18(11-5-15)37-24(34)21(29)30)16-6-12-19(13-7-16)38-25(35)22(31)32/h2-13,20-22H,1H3. The molecular formula is C26H18Cl6O6. The lowest BCUT2D eigenvalue weighted by Gasteiger charge is -2.32. The number of carbonyl (C=O) groups is 3. The van der Waals surface area contributed by atoms with Gasteiger partial charge in [-0.2, -0.15) is 0 Å².